The highest BCUT2D eigenvalue weighted by Gasteiger charge is 2.18. The number of carbonyl (C=O) groups excluding carboxylic acids is 2. The summed E-state index contributed by atoms with van der Waals surface area (Å²) in [6.07, 6.45) is 2.39. The molecule has 0 aliphatic heterocycles. The van der Waals surface area contributed by atoms with E-state index in [9.17, 15) is 9.59 Å². The number of fused-ring (bicyclic) bond motifs is 1. The van der Waals surface area contributed by atoms with Crippen molar-refractivity contribution in [3.63, 3.8) is 0 Å². The maximum Gasteiger partial charge on any atom is 0.251 e. The summed E-state index contributed by atoms with van der Waals surface area (Å²) in [5, 5.41) is 2.94. The summed E-state index contributed by atoms with van der Waals surface area (Å²) in [6, 6.07) is 14.9. The van der Waals surface area contributed by atoms with E-state index >= 15 is 0 Å². The van der Waals surface area contributed by atoms with E-state index in [1.165, 1.54) is 0 Å². The number of carbonyl (C=O) groups is 2. The van der Waals surface area contributed by atoms with Gasteiger partial charge in [-0.05, 0) is 43.2 Å². The van der Waals surface area contributed by atoms with Gasteiger partial charge in [-0.15, -0.1) is 0 Å². The highest BCUT2D eigenvalue weighted by atomic mass is 16.5. The predicted octanol–water partition coefficient (Wildman–Crippen LogP) is 3.67. The number of benzene rings is 2. The molecule has 0 atom stereocenters. The summed E-state index contributed by atoms with van der Waals surface area (Å²) in [5.41, 5.74) is 2.33. The molecule has 170 valence electrons. The molecule has 0 aliphatic carbocycles. The molecule has 1 aromatic heterocycles. The van der Waals surface area contributed by atoms with Crippen molar-refractivity contribution in [1.82, 2.24) is 19.8 Å². The molecule has 0 spiro atoms. The molecule has 0 aliphatic rings. The molecule has 32 heavy (non-hydrogen) atoms. The van der Waals surface area contributed by atoms with Gasteiger partial charge < -0.3 is 19.5 Å². The van der Waals surface area contributed by atoms with E-state index in [1.54, 1.807) is 31.4 Å². The van der Waals surface area contributed by atoms with Gasteiger partial charge in [-0.3, -0.25) is 9.59 Å². The number of hydrogen-bond acceptors (Lipinski definition) is 4. The van der Waals surface area contributed by atoms with Crippen molar-refractivity contribution in [2.75, 3.05) is 26.7 Å². The average Bonchev–Trinajstić information content (AvgIpc) is 3.16. The number of amides is 2. The third kappa shape index (κ3) is 5.66. The maximum absolute atomic E-state index is 13.0. The molecule has 0 saturated heterocycles. The van der Waals surface area contributed by atoms with Gasteiger partial charge in [-0.25, -0.2) is 4.98 Å². The van der Waals surface area contributed by atoms with Crippen LogP contribution in [0.4, 0.5) is 0 Å². The van der Waals surface area contributed by atoms with E-state index in [2.05, 4.69) is 19.2 Å². The Kier molecular flexibility index (Phi) is 8.25. The molecule has 3 aromatic rings. The van der Waals surface area contributed by atoms with Gasteiger partial charge in [-0.2, -0.15) is 0 Å². The van der Waals surface area contributed by atoms with Gasteiger partial charge in [0.1, 0.15) is 18.1 Å². The Morgan fingerprint density at radius 2 is 1.81 bits per heavy atom. The first-order valence-corrected chi connectivity index (χ1v) is 11.2. The van der Waals surface area contributed by atoms with E-state index in [1.807, 2.05) is 33.7 Å². The molecule has 7 heteroatoms. The van der Waals surface area contributed by atoms with Crippen molar-refractivity contribution in [3.05, 3.63) is 59.9 Å². The van der Waals surface area contributed by atoms with E-state index in [-0.39, 0.29) is 18.4 Å². The van der Waals surface area contributed by atoms with Gasteiger partial charge in [0.15, 0.2) is 0 Å². The second-order valence-corrected chi connectivity index (χ2v) is 7.72. The van der Waals surface area contributed by atoms with E-state index in [0.717, 1.165) is 42.8 Å². The number of hydrogen-bond donors (Lipinski definition) is 1. The van der Waals surface area contributed by atoms with E-state index < -0.39 is 0 Å². The van der Waals surface area contributed by atoms with Crippen LogP contribution in [-0.4, -0.2) is 53.0 Å². The molecule has 0 fully saturated rings. The summed E-state index contributed by atoms with van der Waals surface area (Å²) in [7, 11) is 1.57. The Hall–Kier alpha value is -3.35. The van der Waals surface area contributed by atoms with Gasteiger partial charge in [0, 0.05) is 31.6 Å². The molecule has 7 nitrogen and oxygen atoms in total. The molecular formula is C25H32N4O3. The smallest absolute Gasteiger partial charge is 0.251 e. The lowest BCUT2D eigenvalue weighted by molar-refractivity contribution is -0.131. The van der Waals surface area contributed by atoms with Crippen LogP contribution >= 0.6 is 0 Å². The zero-order valence-corrected chi connectivity index (χ0v) is 19.1. The van der Waals surface area contributed by atoms with Crippen molar-refractivity contribution in [1.29, 1.82) is 0 Å². The standard InChI is InChI=1S/C25H32N4O3/c1-4-15-28(16-5-2)24(30)18-29-22-12-7-6-11-21(22)27-23(29)13-14-26-25(31)19-9-8-10-20(17-19)32-3/h6-12,17H,4-5,13-16,18H2,1-3H3,(H,26,31). The fraction of sp³-hybridized carbons (Fsp3) is 0.400. The number of ether oxygens (including phenoxy) is 1. The highest BCUT2D eigenvalue weighted by Crippen LogP contribution is 2.17. The van der Waals surface area contributed by atoms with Crippen LogP contribution in [0.1, 0.15) is 42.9 Å². The number of rotatable bonds is 11. The van der Waals surface area contributed by atoms with Crippen molar-refractivity contribution in [3.8, 4) is 5.75 Å². The Morgan fingerprint density at radius 3 is 2.53 bits per heavy atom. The van der Waals surface area contributed by atoms with Gasteiger partial charge in [0.25, 0.3) is 5.91 Å². The first kappa shape index (κ1) is 23.3. The first-order chi connectivity index (χ1) is 15.6. The minimum absolute atomic E-state index is 0.0959. The minimum Gasteiger partial charge on any atom is -0.497 e. The molecular weight excluding hydrogens is 404 g/mol. The fourth-order valence-corrected chi connectivity index (χ4v) is 3.78. The Labute approximate surface area is 189 Å². The van der Waals surface area contributed by atoms with Crippen molar-refractivity contribution in [2.24, 2.45) is 0 Å². The first-order valence-electron chi connectivity index (χ1n) is 11.2. The number of nitrogens with one attached hydrogen (secondary N) is 1. The van der Waals surface area contributed by atoms with Crippen molar-refractivity contribution >= 4 is 22.8 Å². The van der Waals surface area contributed by atoms with E-state index in [0.29, 0.717) is 24.3 Å². The average molecular weight is 437 g/mol. The summed E-state index contributed by atoms with van der Waals surface area (Å²) in [4.78, 5) is 32.2. The molecule has 2 aromatic carbocycles. The highest BCUT2D eigenvalue weighted by molar-refractivity contribution is 5.94. The molecule has 3 rings (SSSR count). The van der Waals surface area contributed by atoms with Crippen LogP contribution in [0.25, 0.3) is 11.0 Å². The van der Waals surface area contributed by atoms with E-state index in [4.69, 9.17) is 9.72 Å². The van der Waals surface area contributed by atoms with Gasteiger partial charge in [0.05, 0.1) is 18.1 Å². The zero-order valence-electron chi connectivity index (χ0n) is 19.1. The molecule has 1 heterocycles. The summed E-state index contributed by atoms with van der Waals surface area (Å²) >= 11 is 0. The Bertz CT molecular complexity index is 1050. The molecule has 1 N–H and O–H groups in total. The van der Waals surface area contributed by atoms with Gasteiger partial charge in [0.2, 0.25) is 5.91 Å². The van der Waals surface area contributed by atoms with Crippen LogP contribution in [0.2, 0.25) is 0 Å². The zero-order chi connectivity index (χ0) is 22.9. The van der Waals surface area contributed by atoms with Crippen LogP contribution in [0.5, 0.6) is 5.75 Å². The summed E-state index contributed by atoms with van der Waals surface area (Å²) < 4.78 is 7.17. The van der Waals surface area contributed by atoms with Crippen LogP contribution in [0, 0.1) is 0 Å². The third-order valence-corrected chi connectivity index (χ3v) is 5.33. The second-order valence-electron chi connectivity index (χ2n) is 7.72. The Morgan fingerprint density at radius 1 is 1.06 bits per heavy atom. The summed E-state index contributed by atoms with van der Waals surface area (Å²) in [5.74, 6) is 1.36. The number of aromatic nitrogens is 2. The topological polar surface area (TPSA) is 76.5 Å². The molecule has 0 unspecified atom stereocenters. The fourth-order valence-electron chi connectivity index (χ4n) is 3.78. The second kappa shape index (κ2) is 11.3. The molecule has 2 amide bonds. The number of nitrogens with zero attached hydrogens (tertiary/aromatic N) is 3. The SMILES string of the molecule is CCCN(CCC)C(=O)Cn1c(CCNC(=O)c2cccc(OC)c2)nc2ccccc21. The molecule has 0 radical (unpaired) electrons. The molecule has 0 bridgehead atoms. The van der Waals surface area contributed by atoms with Gasteiger partial charge >= 0.3 is 0 Å². The normalized spacial score (nSPS) is 10.8. The Balaban J connectivity index is 1.73. The minimum atomic E-state index is -0.167. The van der Waals surface area contributed by atoms with Crippen LogP contribution in [0.3, 0.4) is 0 Å². The maximum atomic E-state index is 13.0. The summed E-state index contributed by atoms with van der Waals surface area (Å²) in [6.45, 7) is 6.34. The van der Waals surface area contributed by atoms with Gasteiger partial charge in [-0.1, -0.05) is 32.0 Å². The quantitative estimate of drug-likeness (QED) is 0.498. The number of methoxy groups -OCH3 is 1. The largest absolute Gasteiger partial charge is 0.497 e. The van der Waals surface area contributed by atoms with Crippen LogP contribution in [-0.2, 0) is 17.8 Å². The lowest BCUT2D eigenvalue weighted by Gasteiger charge is -2.22. The number of para-hydroxylation sites is 2. The third-order valence-electron chi connectivity index (χ3n) is 5.33. The van der Waals surface area contributed by atoms with Crippen molar-refractivity contribution in [2.45, 2.75) is 39.7 Å². The number of imidazole rings is 1. The molecule has 0 saturated carbocycles. The lowest BCUT2D eigenvalue weighted by Crippen LogP contribution is -2.35. The lowest BCUT2D eigenvalue weighted by atomic mass is 10.2. The van der Waals surface area contributed by atoms with Crippen LogP contribution in [0.15, 0.2) is 48.5 Å². The van der Waals surface area contributed by atoms with Crippen molar-refractivity contribution < 1.29 is 14.3 Å². The predicted molar refractivity (Wildman–Crippen MR) is 126 cm³/mol. The monoisotopic (exact) mass is 436 g/mol. The van der Waals surface area contributed by atoms with Crippen LogP contribution < -0.4 is 10.1 Å².